The molecule has 1 aliphatic carbocycles. The highest BCUT2D eigenvalue weighted by molar-refractivity contribution is 7.17. The number of imidazole rings is 1. The van der Waals surface area contributed by atoms with E-state index in [9.17, 15) is 9.59 Å². The molecule has 24 heavy (non-hydrogen) atoms. The first kappa shape index (κ1) is 14.0. The van der Waals surface area contributed by atoms with Crippen molar-refractivity contribution in [1.82, 2.24) is 14.3 Å². The van der Waals surface area contributed by atoms with Crippen LogP contribution in [0.2, 0.25) is 0 Å². The van der Waals surface area contributed by atoms with Gasteiger partial charge in [-0.2, -0.15) is 0 Å². The number of fused-ring (bicyclic) bond motifs is 4. The third-order valence-corrected chi connectivity index (χ3v) is 6.20. The number of aromatic nitrogens is 2. The zero-order chi connectivity index (χ0) is 16.4. The Morgan fingerprint density at radius 3 is 3.04 bits per heavy atom. The van der Waals surface area contributed by atoms with Crippen LogP contribution in [0.4, 0.5) is 0 Å². The molecule has 0 unspecified atom stereocenters. The number of hydrogen-bond donors (Lipinski definition) is 1. The van der Waals surface area contributed by atoms with Crippen LogP contribution in [-0.2, 0) is 22.4 Å². The second-order valence-electron chi connectivity index (χ2n) is 6.42. The molecule has 2 aromatic heterocycles. The summed E-state index contributed by atoms with van der Waals surface area (Å²) in [7, 11) is 0. The fourth-order valence-corrected chi connectivity index (χ4v) is 5.08. The number of amides is 1. The lowest BCUT2D eigenvalue weighted by atomic mass is 9.94. The number of carbonyl (C=O) groups excluding carboxylic acids is 1. The van der Waals surface area contributed by atoms with E-state index in [-0.39, 0.29) is 17.6 Å². The van der Waals surface area contributed by atoms with Crippen LogP contribution < -0.4 is 0 Å². The molecule has 1 atom stereocenters. The summed E-state index contributed by atoms with van der Waals surface area (Å²) in [5.74, 6) is -1.26. The van der Waals surface area contributed by atoms with Crippen LogP contribution in [0.1, 0.15) is 35.5 Å². The van der Waals surface area contributed by atoms with Crippen molar-refractivity contribution >= 4 is 34.3 Å². The van der Waals surface area contributed by atoms with Gasteiger partial charge in [0.05, 0.1) is 11.7 Å². The molecular formula is C17H15N3O3S. The van der Waals surface area contributed by atoms with Crippen molar-refractivity contribution in [3.63, 3.8) is 0 Å². The minimum absolute atomic E-state index is 0.0991. The van der Waals surface area contributed by atoms with E-state index >= 15 is 0 Å². The Labute approximate surface area is 141 Å². The lowest BCUT2D eigenvalue weighted by molar-refractivity contribution is -0.142. The van der Waals surface area contributed by atoms with Crippen molar-refractivity contribution in [2.75, 3.05) is 0 Å². The van der Waals surface area contributed by atoms with Gasteiger partial charge < -0.3 is 5.11 Å². The second-order valence-corrected chi connectivity index (χ2v) is 7.48. The fourth-order valence-electron chi connectivity index (χ4n) is 3.89. The predicted molar refractivity (Wildman–Crippen MR) is 88.7 cm³/mol. The highest BCUT2D eigenvalue weighted by atomic mass is 32.1. The predicted octanol–water partition coefficient (Wildman–Crippen LogP) is 2.24. The Bertz CT molecular complexity index is 965. The SMILES string of the molecule is O=C(O)C1=CC[C@@H]2C(=Cc3cn4c5c(sc4n3)CCCC5)C(=O)N12. The molecule has 6 nitrogen and oxygen atoms in total. The summed E-state index contributed by atoms with van der Waals surface area (Å²) in [6, 6.07) is -0.141. The summed E-state index contributed by atoms with van der Waals surface area (Å²) < 4.78 is 2.15. The average molecular weight is 341 g/mol. The molecule has 3 aliphatic rings. The maximum Gasteiger partial charge on any atom is 0.352 e. The van der Waals surface area contributed by atoms with Crippen molar-refractivity contribution in [1.29, 1.82) is 0 Å². The number of nitrogens with zero attached hydrogens (tertiary/aromatic N) is 3. The average Bonchev–Trinajstić information content (AvgIpc) is 3.22. The summed E-state index contributed by atoms with van der Waals surface area (Å²) in [6.45, 7) is 0. The third kappa shape index (κ3) is 1.78. The number of thiazole rings is 1. The number of rotatable bonds is 2. The van der Waals surface area contributed by atoms with Crippen LogP contribution >= 0.6 is 11.3 Å². The highest BCUT2D eigenvalue weighted by Crippen LogP contribution is 2.39. The van der Waals surface area contributed by atoms with Gasteiger partial charge in [-0.05, 0) is 38.2 Å². The number of aliphatic carboxylic acids is 1. The van der Waals surface area contributed by atoms with E-state index in [4.69, 9.17) is 5.11 Å². The number of carboxylic acids is 1. The van der Waals surface area contributed by atoms with Gasteiger partial charge in [-0.25, -0.2) is 9.78 Å². The molecule has 0 spiro atoms. The minimum Gasteiger partial charge on any atom is -0.477 e. The number of aryl methyl sites for hydroxylation is 2. The summed E-state index contributed by atoms with van der Waals surface area (Å²) in [5, 5.41) is 9.11. The molecule has 4 heterocycles. The Kier molecular flexibility index (Phi) is 2.79. The van der Waals surface area contributed by atoms with Crippen molar-refractivity contribution in [2.24, 2.45) is 0 Å². The minimum atomic E-state index is -1.04. The first-order valence-corrected chi connectivity index (χ1v) is 8.93. The monoisotopic (exact) mass is 341 g/mol. The van der Waals surface area contributed by atoms with Crippen molar-refractivity contribution in [3.8, 4) is 0 Å². The van der Waals surface area contributed by atoms with Crippen molar-refractivity contribution in [2.45, 2.75) is 38.1 Å². The summed E-state index contributed by atoms with van der Waals surface area (Å²) in [4.78, 5) is 31.8. The largest absolute Gasteiger partial charge is 0.477 e. The Morgan fingerprint density at radius 2 is 2.21 bits per heavy atom. The Morgan fingerprint density at radius 1 is 1.38 bits per heavy atom. The Hall–Kier alpha value is -2.41. The molecule has 2 aromatic rings. The van der Waals surface area contributed by atoms with Gasteiger partial charge in [-0.15, -0.1) is 11.3 Å². The summed E-state index contributed by atoms with van der Waals surface area (Å²) in [6.07, 6.45) is 10.7. The van der Waals surface area contributed by atoms with E-state index in [1.807, 2.05) is 12.3 Å². The van der Waals surface area contributed by atoms with E-state index in [0.29, 0.717) is 12.0 Å². The first-order chi connectivity index (χ1) is 11.6. The fraction of sp³-hybridized carbons (Fsp3) is 0.353. The topological polar surface area (TPSA) is 74.9 Å². The third-order valence-electron chi connectivity index (χ3n) is 5.04. The molecule has 1 saturated heterocycles. The van der Waals surface area contributed by atoms with Crippen molar-refractivity contribution in [3.05, 3.63) is 39.8 Å². The molecule has 0 bridgehead atoms. The number of hydrogen-bond acceptors (Lipinski definition) is 4. The molecule has 1 amide bonds. The molecule has 1 fully saturated rings. The molecule has 1 N–H and O–H groups in total. The highest BCUT2D eigenvalue weighted by Gasteiger charge is 2.48. The zero-order valence-corrected chi connectivity index (χ0v) is 13.7. The number of carbonyl (C=O) groups is 2. The van der Waals surface area contributed by atoms with Gasteiger partial charge in [0.1, 0.15) is 5.70 Å². The molecule has 0 radical (unpaired) electrons. The zero-order valence-electron chi connectivity index (χ0n) is 12.9. The lowest BCUT2D eigenvalue weighted by Gasteiger charge is -2.38. The van der Waals surface area contributed by atoms with Crippen LogP contribution in [0, 0.1) is 0 Å². The normalized spacial score (nSPS) is 24.1. The van der Waals surface area contributed by atoms with Crippen molar-refractivity contribution < 1.29 is 14.7 Å². The number of β-lactam (4-membered cyclic amide) rings is 1. The van der Waals surface area contributed by atoms with E-state index in [1.165, 1.54) is 28.3 Å². The number of carboxylic acid groups (broad SMARTS) is 1. The molecule has 7 heteroatoms. The van der Waals surface area contributed by atoms with E-state index in [2.05, 4.69) is 9.38 Å². The molecule has 5 rings (SSSR count). The standard InChI is InChI=1S/C17H15N3O3S/c21-15-10(11-5-6-13(16(22)23)20(11)15)7-9-8-19-12-3-1-2-4-14(12)24-17(19)18-9/h6-8,11H,1-5H2,(H,22,23)/t11-/m1/s1. The van der Waals surface area contributed by atoms with Crippen LogP contribution in [-0.4, -0.2) is 37.3 Å². The second kappa shape index (κ2) is 4.80. The molecule has 2 aliphatic heterocycles. The van der Waals surface area contributed by atoms with E-state index < -0.39 is 5.97 Å². The van der Waals surface area contributed by atoms with Gasteiger partial charge >= 0.3 is 5.97 Å². The molecule has 0 saturated carbocycles. The lowest BCUT2D eigenvalue weighted by Crippen LogP contribution is -2.52. The van der Waals surface area contributed by atoms with Crippen LogP contribution in [0.15, 0.2) is 23.5 Å². The quantitative estimate of drug-likeness (QED) is 0.671. The van der Waals surface area contributed by atoms with Crippen LogP contribution in [0.5, 0.6) is 0 Å². The molecule has 122 valence electrons. The van der Waals surface area contributed by atoms with Gasteiger partial charge in [0.2, 0.25) is 0 Å². The van der Waals surface area contributed by atoms with Gasteiger partial charge in [0.25, 0.3) is 5.91 Å². The van der Waals surface area contributed by atoms with Crippen LogP contribution in [0.3, 0.4) is 0 Å². The maximum atomic E-state index is 12.3. The van der Waals surface area contributed by atoms with Gasteiger partial charge in [-0.3, -0.25) is 14.1 Å². The summed E-state index contributed by atoms with van der Waals surface area (Å²) in [5.41, 5.74) is 2.89. The molecular weight excluding hydrogens is 326 g/mol. The summed E-state index contributed by atoms with van der Waals surface area (Å²) >= 11 is 1.74. The van der Waals surface area contributed by atoms with E-state index in [0.717, 1.165) is 23.5 Å². The Balaban J connectivity index is 1.47. The first-order valence-electron chi connectivity index (χ1n) is 8.12. The van der Waals surface area contributed by atoms with Crippen LogP contribution in [0.25, 0.3) is 11.0 Å². The van der Waals surface area contributed by atoms with Gasteiger partial charge in [0.15, 0.2) is 4.96 Å². The smallest absolute Gasteiger partial charge is 0.352 e. The van der Waals surface area contributed by atoms with Gasteiger partial charge in [0, 0.05) is 22.3 Å². The maximum absolute atomic E-state index is 12.3. The molecule has 0 aromatic carbocycles. The van der Waals surface area contributed by atoms with Gasteiger partial charge in [-0.1, -0.05) is 6.08 Å². The van der Waals surface area contributed by atoms with E-state index in [1.54, 1.807) is 17.4 Å².